The summed E-state index contributed by atoms with van der Waals surface area (Å²) in [6.07, 6.45) is 6.41. The fourth-order valence-electron chi connectivity index (χ4n) is 2.25. The number of hydrogen-bond acceptors (Lipinski definition) is 4. The highest BCUT2D eigenvalue weighted by Crippen LogP contribution is 2.22. The molecule has 0 radical (unpaired) electrons. The number of nitrogens with zero attached hydrogens (tertiary/aromatic N) is 4. The van der Waals surface area contributed by atoms with Gasteiger partial charge >= 0.3 is 0 Å². The topological polar surface area (TPSA) is 77.0 Å². The summed E-state index contributed by atoms with van der Waals surface area (Å²) in [7, 11) is 1.87. The highest BCUT2D eigenvalue weighted by atomic mass is 16.2. The third-order valence-corrected chi connectivity index (χ3v) is 3.36. The largest absolute Gasteiger partial charge is 0.341 e. The van der Waals surface area contributed by atoms with Crippen molar-refractivity contribution in [3.8, 4) is 0 Å². The first-order valence-corrected chi connectivity index (χ1v) is 6.05. The van der Waals surface area contributed by atoms with Crippen molar-refractivity contribution >= 4 is 5.91 Å². The van der Waals surface area contributed by atoms with E-state index in [0.717, 1.165) is 12.8 Å². The quantitative estimate of drug-likeness (QED) is 0.808. The molecule has 0 bridgehead atoms. The number of rotatable bonds is 4. The Labute approximate surface area is 101 Å². The Morgan fingerprint density at radius 1 is 1.59 bits per heavy atom. The van der Waals surface area contributed by atoms with Gasteiger partial charge in [-0.3, -0.25) is 4.79 Å². The van der Waals surface area contributed by atoms with Crippen molar-refractivity contribution < 1.29 is 4.79 Å². The molecule has 1 aliphatic rings. The lowest BCUT2D eigenvalue weighted by Crippen LogP contribution is -2.37. The van der Waals surface area contributed by atoms with Crippen molar-refractivity contribution in [2.45, 2.75) is 44.8 Å². The number of carbonyl (C=O) groups excluding carboxylic acids is 1. The van der Waals surface area contributed by atoms with Crippen LogP contribution in [0.5, 0.6) is 0 Å². The highest BCUT2D eigenvalue weighted by Gasteiger charge is 2.23. The second-order valence-electron chi connectivity index (χ2n) is 4.55. The minimum atomic E-state index is 0.0883. The maximum absolute atomic E-state index is 12.0. The molecule has 1 fully saturated rings. The van der Waals surface area contributed by atoms with Crippen LogP contribution in [0.3, 0.4) is 0 Å². The van der Waals surface area contributed by atoms with Gasteiger partial charge in [0.2, 0.25) is 5.91 Å². The molecule has 6 nitrogen and oxygen atoms in total. The summed E-state index contributed by atoms with van der Waals surface area (Å²) in [5, 5.41) is 7.74. The lowest BCUT2D eigenvalue weighted by atomic mass is 10.2. The molecule has 0 atom stereocenters. The van der Waals surface area contributed by atoms with E-state index in [4.69, 9.17) is 5.73 Å². The highest BCUT2D eigenvalue weighted by molar-refractivity contribution is 5.75. The molecular weight excluding hydrogens is 218 g/mol. The lowest BCUT2D eigenvalue weighted by Gasteiger charge is -2.24. The second kappa shape index (κ2) is 5.27. The van der Waals surface area contributed by atoms with Gasteiger partial charge in [-0.1, -0.05) is 18.1 Å². The van der Waals surface area contributed by atoms with Gasteiger partial charge in [0, 0.05) is 19.6 Å². The van der Waals surface area contributed by atoms with E-state index in [0.29, 0.717) is 18.3 Å². The third-order valence-electron chi connectivity index (χ3n) is 3.36. The maximum Gasteiger partial charge on any atom is 0.244 e. The van der Waals surface area contributed by atoms with Crippen molar-refractivity contribution in [1.29, 1.82) is 0 Å². The Morgan fingerprint density at radius 3 is 2.88 bits per heavy atom. The van der Waals surface area contributed by atoms with Crippen LogP contribution in [0.15, 0.2) is 6.20 Å². The van der Waals surface area contributed by atoms with Crippen molar-refractivity contribution in [2.75, 3.05) is 7.05 Å². The molecule has 2 rings (SSSR count). The van der Waals surface area contributed by atoms with Crippen LogP contribution < -0.4 is 5.73 Å². The average molecular weight is 237 g/mol. The first-order valence-electron chi connectivity index (χ1n) is 6.05. The molecule has 0 aromatic carbocycles. The Hall–Kier alpha value is -1.43. The maximum atomic E-state index is 12.0. The molecule has 2 N–H and O–H groups in total. The normalized spacial score (nSPS) is 16.4. The minimum Gasteiger partial charge on any atom is -0.341 e. The summed E-state index contributed by atoms with van der Waals surface area (Å²) in [4.78, 5) is 13.8. The molecule has 0 spiro atoms. The van der Waals surface area contributed by atoms with E-state index in [1.807, 2.05) is 11.9 Å². The summed E-state index contributed by atoms with van der Waals surface area (Å²) in [5.41, 5.74) is 6.15. The zero-order valence-corrected chi connectivity index (χ0v) is 10.2. The van der Waals surface area contributed by atoms with Crippen LogP contribution in [-0.2, 0) is 17.9 Å². The van der Waals surface area contributed by atoms with E-state index >= 15 is 0 Å². The molecule has 17 heavy (non-hydrogen) atoms. The summed E-state index contributed by atoms with van der Waals surface area (Å²) in [6.45, 7) is 0.604. The fourth-order valence-corrected chi connectivity index (χ4v) is 2.25. The number of amides is 1. The van der Waals surface area contributed by atoms with E-state index in [9.17, 15) is 4.79 Å². The molecule has 0 unspecified atom stereocenters. The molecule has 0 saturated heterocycles. The van der Waals surface area contributed by atoms with E-state index in [-0.39, 0.29) is 12.5 Å². The Balaban J connectivity index is 1.91. The number of aromatic nitrogens is 3. The molecule has 1 saturated carbocycles. The molecule has 1 heterocycles. The summed E-state index contributed by atoms with van der Waals surface area (Å²) in [6, 6.07) is 0.403. The molecule has 1 aliphatic carbocycles. The Kier molecular flexibility index (Phi) is 3.73. The van der Waals surface area contributed by atoms with Gasteiger partial charge < -0.3 is 10.6 Å². The Bertz CT molecular complexity index is 383. The van der Waals surface area contributed by atoms with Gasteiger partial charge in [-0.25, -0.2) is 4.68 Å². The predicted octanol–water partition coefficient (Wildman–Crippen LogP) is 0.138. The Morgan fingerprint density at radius 2 is 2.29 bits per heavy atom. The van der Waals surface area contributed by atoms with Crippen LogP contribution in [0, 0.1) is 0 Å². The van der Waals surface area contributed by atoms with Crippen LogP contribution in [-0.4, -0.2) is 38.9 Å². The van der Waals surface area contributed by atoms with Crippen LogP contribution in [0.4, 0.5) is 0 Å². The molecular formula is C11H19N5O. The van der Waals surface area contributed by atoms with Crippen molar-refractivity contribution in [1.82, 2.24) is 19.9 Å². The van der Waals surface area contributed by atoms with E-state index in [1.54, 1.807) is 10.9 Å². The van der Waals surface area contributed by atoms with Crippen LogP contribution in [0.25, 0.3) is 0 Å². The van der Waals surface area contributed by atoms with Gasteiger partial charge in [0.15, 0.2) is 0 Å². The van der Waals surface area contributed by atoms with E-state index in [2.05, 4.69) is 10.3 Å². The minimum absolute atomic E-state index is 0.0883. The number of likely N-dealkylation sites (N-methyl/N-ethyl adjacent to an activating group) is 1. The standard InChI is InChI=1S/C11H19N5O/c1-15(10-4-2-3-5-10)11(17)8-16-7-9(6-12)13-14-16/h7,10H,2-6,8,12H2,1H3. The number of hydrogen-bond donors (Lipinski definition) is 1. The molecule has 0 aliphatic heterocycles. The van der Waals surface area contributed by atoms with Crippen LogP contribution in [0.1, 0.15) is 31.4 Å². The van der Waals surface area contributed by atoms with E-state index in [1.165, 1.54) is 12.8 Å². The van der Waals surface area contributed by atoms with Crippen LogP contribution >= 0.6 is 0 Å². The summed E-state index contributed by atoms with van der Waals surface area (Å²) >= 11 is 0. The zero-order chi connectivity index (χ0) is 12.3. The van der Waals surface area contributed by atoms with Crippen molar-refractivity contribution in [2.24, 2.45) is 5.73 Å². The summed E-state index contributed by atoms with van der Waals surface area (Å²) < 4.78 is 1.55. The number of nitrogens with two attached hydrogens (primary N) is 1. The summed E-state index contributed by atoms with van der Waals surface area (Å²) in [5.74, 6) is 0.0883. The number of carbonyl (C=O) groups is 1. The van der Waals surface area contributed by atoms with Crippen molar-refractivity contribution in [3.05, 3.63) is 11.9 Å². The van der Waals surface area contributed by atoms with E-state index < -0.39 is 0 Å². The van der Waals surface area contributed by atoms with Gasteiger partial charge in [0.25, 0.3) is 0 Å². The van der Waals surface area contributed by atoms with Crippen LogP contribution in [0.2, 0.25) is 0 Å². The smallest absolute Gasteiger partial charge is 0.244 e. The first-order chi connectivity index (χ1) is 8.20. The first kappa shape index (κ1) is 12.0. The van der Waals surface area contributed by atoms with Gasteiger partial charge in [0.1, 0.15) is 6.54 Å². The van der Waals surface area contributed by atoms with Gasteiger partial charge in [-0.05, 0) is 12.8 Å². The predicted molar refractivity (Wildman–Crippen MR) is 62.9 cm³/mol. The lowest BCUT2D eigenvalue weighted by molar-refractivity contribution is -0.132. The third kappa shape index (κ3) is 2.82. The molecule has 94 valence electrons. The SMILES string of the molecule is CN(C(=O)Cn1cc(CN)nn1)C1CCCC1. The monoisotopic (exact) mass is 237 g/mol. The van der Waals surface area contributed by atoms with Crippen molar-refractivity contribution in [3.63, 3.8) is 0 Å². The molecule has 1 aromatic rings. The average Bonchev–Trinajstić information content (AvgIpc) is 2.98. The fraction of sp³-hybridized carbons (Fsp3) is 0.727. The second-order valence-corrected chi connectivity index (χ2v) is 4.55. The van der Waals surface area contributed by atoms with Gasteiger partial charge in [-0.15, -0.1) is 5.10 Å². The molecule has 1 amide bonds. The zero-order valence-electron chi connectivity index (χ0n) is 10.2. The molecule has 1 aromatic heterocycles. The van der Waals surface area contributed by atoms with Gasteiger partial charge in [0.05, 0.1) is 11.9 Å². The van der Waals surface area contributed by atoms with Gasteiger partial charge in [-0.2, -0.15) is 0 Å². The molecule has 6 heteroatoms.